The molecule has 0 radical (unpaired) electrons. The number of benzene rings is 2. The van der Waals surface area contributed by atoms with E-state index < -0.39 is 0 Å². The number of para-hydroxylation sites is 1. The number of hydrogen-bond acceptors (Lipinski definition) is 2. The lowest BCUT2D eigenvalue weighted by Gasteiger charge is -2.05. The molecule has 0 unspecified atom stereocenters. The van der Waals surface area contributed by atoms with Crippen molar-refractivity contribution in [3.8, 4) is 5.69 Å². The van der Waals surface area contributed by atoms with Gasteiger partial charge in [-0.15, -0.1) is 0 Å². The second kappa shape index (κ2) is 4.57. The maximum atomic E-state index is 11.0. The molecule has 0 aliphatic rings. The molecule has 1 heterocycles. The SMILES string of the molecule is CC(=O)Nc1ccc2c(c1)ncn2-c1ccccc1. The Morgan fingerprint density at radius 2 is 1.95 bits per heavy atom. The summed E-state index contributed by atoms with van der Waals surface area (Å²) in [6, 6.07) is 15.7. The third-order valence-electron chi connectivity index (χ3n) is 2.90. The van der Waals surface area contributed by atoms with Gasteiger partial charge in [0.15, 0.2) is 0 Å². The molecule has 1 N–H and O–H groups in total. The Bertz CT molecular complexity index is 731. The van der Waals surface area contributed by atoms with Crippen molar-refractivity contribution in [2.24, 2.45) is 0 Å². The molecule has 0 atom stereocenters. The van der Waals surface area contributed by atoms with Crippen LogP contribution in [-0.4, -0.2) is 15.5 Å². The molecule has 0 saturated carbocycles. The van der Waals surface area contributed by atoms with E-state index in [1.54, 1.807) is 6.33 Å². The molecule has 0 fully saturated rings. The van der Waals surface area contributed by atoms with Crippen molar-refractivity contribution in [3.63, 3.8) is 0 Å². The third-order valence-corrected chi connectivity index (χ3v) is 2.90. The Kier molecular flexibility index (Phi) is 2.76. The monoisotopic (exact) mass is 251 g/mol. The minimum atomic E-state index is -0.0816. The van der Waals surface area contributed by atoms with Gasteiger partial charge in [0.1, 0.15) is 6.33 Å². The topological polar surface area (TPSA) is 46.9 Å². The molecule has 3 rings (SSSR count). The van der Waals surface area contributed by atoms with E-state index in [9.17, 15) is 4.79 Å². The number of nitrogens with one attached hydrogen (secondary N) is 1. The van der Waals surface area contributed by atoms with Gasteiger partial charge in [0.2, 0.25) is 5.91 Å². The number of nitrogens with zero attached hydrogens (tertiary/aromatic N) is 2. The Hall–Kier alpha value is -2.62. The first-order valence-corrected chi connectivity index (χ1v) is 6.04. The number of carbonyl (C=O) groups excluding carboxylic acids is 1. The number of hydrogen-bond donors (Lipinski definition) is 1. The molecule has 2 aromatic carbocycles. The fourth-order valence-electron chi connectivity index (χ4n) is 2.09. The predicted octanol–water partition coefficient (Wildman–Crippen LogP) is 2.98. The summed E-state index contributed by atoms with van der Waals surface area (Å²) in [6.07, 6.45) is 1.79. The van der Waals surface area contributed by atoms with Crippen LogP contribution in [0.1, 0.15) is 6.92 Å². The molecule has 1 aromatic heterocycles. The van der Waals surface area contributed by atoms with E-state index in [-0.39, 0.29) is 5.91 Å². The standard InChI is InChI=1S/C15H13N3O/c1-11(19)17-12-7-8-15-14(9-12)16-10-18(15)13-5-3-2-4-6-13/h2-10H,1H3,(H,17,19). The highest BCUT2D eigenvalue weighted by Crippen LogP contribution is 2.21. The highest BCUT2D eigenvalue weighted by atomic mass is 16.1. The van der Waals surface area contributed by atoms with E-state index in [1.165, 1.54) is 6.92 Å². The lowest BCUT2D eigenvalue weighted by atomic mass is 10.2. The molecule has 0 aliphatic carbocycles. The van der Waals surface area contributed by atoms with Gasteiger partial charge in [0.25, 0.3) is 0 Å². The Labute approximate surface area is 110 Å². The van der Waals surface area contributed by atoms with Gasteiger partial charge in [-0.3, -0.25) is 9.36 Å². The van der Waals surface area contributed by atoms with Crippen LogP contribution in [0.3, 0.4) is 0 Å². The maximum absolute atomic E-state index is 11.0. The lowest BCUT2D eigenvalue weighted by molar-refractivity contribution is -0.114. The number of carbonyl (C=O) groups is 1. The van der Waals surface area contributed by atoms with Crippen LogP contribution in [0.2, 0.25) is 0 Å². The fourth-order valence-corrected chi connectivity index (χ4v) is 2.09. The molecule has 0 bridgehead atoms. The number of anilines is 1. The molecule has 0 saturated heterocycles. The molecule has 0 spiro atoms. The van der Waals surface area contributed by atoms with Crippen LogP contribution < -0.4 is 5.32 Å². The normalized spacial score (nSPS) is 10.6. The van der Waals surface area contributed by atoms with Crippen LogP contribution in [0, 0.1) is 0 Å². The Balaban J connectivity index is 2.08. The Morgan fingerprint density at radius 3 is 2.68 bits per heavy atom. The zero-order chi connectivity index (χ0) is 13.2. The van der Waals surface area contributed by atoms with Crippen molar-refractivity contribution in [2.75, 3.05) is 5.32 Å². The van der Waals surface area contributed by atoms with Crippen molar-refractivity contribution in [1.82, 2.24) is 9.55 Å². The number of amides is 1. The number of rotatable bonds is 2. The van der Waals surface area contributed by atoms with E-state index in [2.05, 4.69) is 10.3 Å². The summed E-state index contributed by atoms with van der Waals surface area (Å²) in [5, 5.41) is 2.76. The highest BCUT2D eigenvalue weighted by molar-refractivity contribution is 5.91. The zero-order valence-electron chi connectivity index (χ0n) is 10.5. The second-order valence-corrected chi connectivity index (χ2v) is 4.33. The van der Waals surface area contributed by atoms with Gasteiger partial charge in [-0.2, -0.15) is 0 Å². The van der Waals surface area contributed by atoms with Crippen LogP contribution >= 0.6 is 0 Å². The van der Waals surface area contributed by atoms with Crippen LogP contribution in [0.4, 0.5) is 5.69 Å². The number of fused-ring (bicyclic) bond motifs is 1. The predicted molar refractivity (Wildman–Crippen MR) is 75.4 cm³/mol. The van der Waals surface area contributed by atoms with Crippen molar-refractivity contribution < 1.29 is 4.79 Å². The molecule has 94 valence electrons. The first-order chi connectivity index (χ1) is 9.24. The summed E-state index contributed by atoms with van der Waals surface area (Å²) in [6.45, 7) is 1.49. The molecule has 4 nitrogen and oxygen atoms in total. The summed E-state index contributed by atoms with van der Waals surface area (Å²) in [5.74, 6) is -0.0816. The van der Waals surface area contributed by atoms with Gasteiger partial charge in [-0.1, -0.05) is 18.2 Å². The molecular formula is C15H13N3O. The smallest absolute Gasteiger partial charge is 0.221 e. The average Bonchev–Trinajstić information content (AvgIpc) is 2.82. The zero-order valence-corrected chi connectivity index (χ0v) is 10.5. The minimum absolute atomic E-state index is 0.0816. The van der Waals surface area contributed by atoms with Crippen LogP contribution in [0.15, 0.2) is 54.9 Å². The summed E-state index contributed by atoms with van der Waals surface area (Å²) < 4.78 is 2.02. The molecule has 1 amide bonds. The van der Waals surface area contributed by atoms with Gasteiger partial charge in [0.05, 0.1) is 11.0 Å². The molecule has 19 heavy (non-hydrogen) atoms. The average molecular weight is 251 g/mol. The summed E-state index contributed by atoms with van der Waals surface area (Å²) in [5.41, 5.74) is 3.70. The fraction of sp³-hybridized carbons (Fsp3) is 0.0667. The van der Waals surface area contributed by atoms with Crippen LogP contribution in [0.5, 0.6) is 0 Å². The van der Waals surface area contributed by atoms with Crippen molar-refractivity contribution in [3.05, 3.63) is 54.9 Å². The van der Waals surface area contributed by atoms with Crippen LogP contribution in [0.25, 0.3) is 16.7 Å². The Morgan fingerprint density at radius 1 is 1.16 bits per heavy atom. The largest absolute Gasteiger partial charge is 0.326 e. The van der Waals surface area contributed by atoms with Gasteiger partial charge in [-0.25, -0.2) is 4.98 Å². The van der Waals surface area contributed by atoms with E-state index in [1.807, 2.05) is 53.1 Å². The van der Waals surface area contributed by atoms with Gasteiger partial charge in [0, 0.05) is 18.3 Å². The number of aromatic nitrogens is 2. The first kappa shape index (κ1) is 11.5. The first-order valence-electron chi connectivity index (χ1n) is 6.04. The molecule has 4 heteroatoms. The van der Waals surface area contributed by atoms with Crippen molar-refractivity contribution >= 4 is 22.6 Å². The number of imidazole rings is 1. The van der Waals surface area contributed by atoms with Gasteiger partial charge >= 0.3 is 0 Å². The highest BCUT2D eigenvalue weighted by Gasteiger charge is 2.05. The van der Waals surface area contributed by atoms with E-state index >= 15 is 0 Å². The minimum Gasteiger partial charge on any atom is -0.326 e. The summed E-state index contributed by atoms with van der Waals surface area (Å²) in [7, 11) is 0. The second-order valence-electron chi connectivity index (χ2n) is 4.33. The van der Waals surface area contributed by atoms with Crippen LogP contribution in [-0.2, 0) is 4.79 Å². The van der Waals surface area contributed by atoms with E-state index in [4.69, 9.17) is 0 Å². The molecule has 3 aromatic rings. The summed E-state index contributed by atoms with van der Waals surface area (Å²) in [4.78, 5) is 15.4. The summed E-state index contributed by atoms with van der Waals surface area (Å²) >= 11 is 0. The van der Waals surface area contributed by atoms with E-state index in [0.29, 0.717) is 0 Å². The molecular weight excluding hydrogens is 238 g/mol. The lowest BCUT2D eigenvalue weighted by Crippen LogP contribution is -2.05. The van der Waals surface area contributed by atoms with Gasteiger partial charge in [-0.05, 0) is 30.3 Å². The van der Waals surface area contributed by atoms with Crippen molar-refractivity contribution in [1.29, 1.82) is 0 Å². The molecule has 0 aliphatic heterocycles. The quantitative estimate of drug-likeness (QED) is 0.761. The third kappa shape index (κ3) is 2.20. The van der Waals surface area contributed by atoms with E-state index in [0.717, 1.165) is 22.4 Å². The maximum Gasteiger partial charge on any atom is 0.221 e. The van der Waals surface area contributed by atoms with Crippen molar-refractivity contribution in [2.45, 2.75) is 6.92 Å². The van der Waals surface area contributed by atoms with Gasteiger partial charge < -0.3 is 5.32 Å².